The molecular weight excluding hydrogens is 386 g/mol. The Bertz CT molecular complexity index is 1020. The average molecular weight is 420 g/mol. The normalized spacial score (nSPS) is 21.0. The minimum Gasteiger partial charge on any atom is -0.495 e. The Labute approximate surface area is 185 Å². The number of aromatic nitrogens is 2. The van der Waals surface area contributed by atoms with Crippen molar-refractivity contribution in [2.45, 2.75) is 25.4 Å². The highest BCUT2D eigenvalue weighted by Gasteiger charge is 2.29. The first kappa shape index (κ1) is 20.3. The molecule has 6 heteroatoms. The smallest absolute Gasteiger partial charge is 0.142 e. The first-order valence-corrected chi connectivity index (χ1v) is 11.5. The Kier molecular flexibility index (Phi) is 5.83. The van der Waals surface area contributed by atoms with Crippen LogP contribution in [-0.2, 0) is 13.6 Å². The van der Waals surface area contributed by atoms with E-state index < -0.39 is 0 Å². The van der Waals surface area contributed by atoms with Crippen LogP contribution in [0.4, 0.5) is 5.69 Å². The van der Waals surface area contributed by atoms with Gasteiger partial charge in [-0.2, -0.15) is 0 Å². The summed E-state index contributed by atoms with van der Waals surface area (Å²) in [6.07, 6.45) is 2.56. The lowest BCUT2D eigenvalue weighted by Crippen LogP contribution is -2.55. The van der Waals surface area contributed by atoms with Gasteiger partial charge in [-0.1, -0.05) is 24.3 Å². The van der Waals surface area contributed by atoms with E-state index in [0.29, 0.717) is 6.04 Å². The van der Waals surface area contributed by atoms with Crippen molar-refractivity contribution < 1.29 is 4.74 Å². The Morgan fingerprint density at radius 1 is 0.968 bits per heavy atom. The van der Waals surface area contributed by atoms with Crippen LogP contribution in [0.2, 0.25) is 0 Å². The van der Waals surface area contributed by atoms with Crippen LogP contribution in [0.25, 0.3) is 11.0 Å². The van der Waals surface area contributed by atoms with E-state index >= 15 is 0 Å². The number of piperazine rings is 1. The third kappa shape index (κ3) is 4.14. The number of likely N-dealkylation sites (tertiary alicyclic amines) is 1. The van der Waals surface area contributed by atoms with Crippen molar-refractivity contribution in [3.05, 3.63) is 54.4 Å². The van der Waals surface area contributed by atoms with Gasteiger partial charge in [-0.15, -0.1) is 0 Å². The van der Waals surface area contributed by atoms with Gasteiger partial charge in [-0.25, -0.2) is 4.98 Å². The fourth-order valence-corrected chi connectivity index (χ4v) is 5.23. The second-order valence-corrected chi connectivity index (χ2v) is 8.80. The lowest BCUT2D eigenvalue weighted by Gasteiger charge is -2.44. The highest BCUT2D eigenvalue weighted by atomic mass is 16.5. The molecule has 0 aliphatic carbocycles. The first-order valence-electron chi connectivity index (χ1n) is 11.5. The largest absolute Gasteiger partial charge is 0.495 e. The van der Waals surface area contributed by atoms with Crippen LogP contribution in [0.15, 0.2) is 48.5 Å². The van der Waals surface area contributed by atoms with Crippen LogP contribution >= 0.6 is 0 Å². The number of methoxy groups -OCH3 is 1. The molecule has 5 rings (SSSR count). The zero-order valence-corrected chi connectivity index (χ0v) is 18.7. The number of ether oxygens (including phenoxy) is 1. The van der Waals surface area contributed by atoms with Crippen LogP contribution in [0.1, 0.15) is 18.7 Å². The maximum absolute atomic E-state index is 5.57. The average Bonchev–Trinajstić information content (AvgIpc) is 3.14. The zero-order chi connectivity index (χ0) is 21.2. The quantitative estimate of drug-likeness (QED) is 0.634. The molecule has 164 valence electrons. The van der Waals surface area contributed by atoms with Crippen molar-refractivity contribution in [2.75, 3.05) is 51.3 Å². The van der Waals surface area contributed by atoms with Crippen LogP contribution in [0.5, 0.6) is 5.75 Å². The van der Waals surface area contributed by atoms with E-state index in [2.05, 4.69) is 68.8 Å². The SMILES string of the molecule is COc1ccccc1N1CCN(C2CCCN(Cc3nc4ccccc4n3C)C2)CC1. The van der Waals surface area contributed by atoms with Crippen LogP contribution in [-0.4, -0.2) is 71.8 Å². The first-order chi connectivity index (χ1) is 15.2. The van der Waals surface area contributed by atoms with Crippen molar-refractivity contribution in [1.82, 2.24) is 19.4 Å². The number of para-hydroxylation sites is 4. The molecule has 3 heterocycles. The van der Waals surface area contributed by atoms with Gasteiger partial charge in [0, 0.05) is 45.8 Å². The number of piperidine rings is 1. The molecule has 2 aromatic carbocycles. The van der Waals surface area contributed by atoms with E-state index in [1.54, 1.807) is 7.11 Å². The van der Waals surface area contributed by atoms with Crippen molar-refractivity contribution >= 4 is 16.7 Å². The molecule has 2 saturated heterocycles. The third-order valence-corrected chi connectivity index (χ3v) is 6.98. The summed E-state index contributed by atoms with van der Waals surface area (Å²) in [5, 5.41) is 0. The van der Waals surface area contributed by atoms with Crippen molar-refractivity contribution in [2.24, 2.45) is 7.05 Å². The van der Waals surface area contributed by atoms with Gasteiger partial charge >= 0.3 is 0 Å². The van der Waals surface area contributed by atoms with E-state index in [4.69, 9.17) is 9.72 Å². The number of hydrogen-bond donors (Lipinski definition) is 0. The standard InChI is InChI=1S/C25H33N5O/c1-27-22-10-4-3-9-21(22)26-25(27)19-28-13-7-8-20(18-28)29-14-16-30(17-15-29)23-11-5-6-12-24(23)31-2/h3-6,9-12,20H,7-8,13-19H2,1-2H3. The van der Waals surface area contributed by atoms with Gasteiger partial charge in [-0.3, -0.25) is 9.80 Å². The van der Waals surface area contributed by atoms with Gasteiger partial charge < -0.3 is 14.2 Å². The predicted molar refractivity (Wildman–Crippen MR) is 126 cm³/mol. The van der Waals surface area contributed by atoms with E-state index in [0.717, 1.165) is 50.5 Å². The molecule has 1 aromatic heterocycles. The minimum atomic E-state index is 0.642. The minimum absolute atomic E-state index is 0.642. The van der Waals surface area contributed by atoms with Crippen LogP contribution in [0, 0.1) is 0 Å². The Balaban J connectivity index is 1.20. The van der Waals surface area contributed by atoms with E-state index in [-0.39, 0.29) is 0 Å². The molecule has 31 heavy (non-hydrogen) atoms. The van der Waals surface area contributed by atoms with Gasteiger partial charge in [0.25, 0.3) is 0 Å². The number of nitrogens with zero attached hydrogens (tertiary/aromatic N) is 5. The molecule has 0 amide bonds. The van der Waals surface area contributed by atoms with E-state index in [1.165, 1.54) is 36.4 Å². The lowest BCUT2D eigenvalue weighted by molar-refractivity contribution is 0.0869. The molecule has 2 aliphatic heterocycles. The molecule has 2 aliphatic rings. The second-order valence-electron chi connectivity index (χ2n) is 8.80. The van der Waals surface area contributed by atoms with Gasteiger partial charge in [-0.05, 0) is 43.7 Å². The summed E-state index contributed by atoms with van der Waals surface area (Å²) in [5.74, 6) is 2.14. The fourth-order valence-electron chi connectivity index (χ4n) is 5.23. The summed E-state index contributed by atoms with van der Waals surface area (Å²) in [6, 6.07) is 17.4. The van der Waals surface area contributed by atoms with Crippen molar-refractivity contribution in [1.29, 1.82) is 0 Å². The lowest BCUT2D eigenvalue weighted by atomic mass is 10.0. The Hall–Kier alpha value is -2.57. The Morgan fingerprint density at radius 3 is 2.55 bits per heavy atom. The molecule has 0 saturated carbocycles. The van der Waals surface area contributed by atoms with E-state index in [9.17, 15) is 0 Å². The topological polar surface area (TPSA) is 36.8 Å². The molecule has 2 fully saturated rings. The van der Waals surface area contributed by atoms with Crippen molar-refractivity contribution in [3.63, 3.8) is 0 Å². The number of rotatable bonds is 5. The van der Waals surface area contributed by atoms with E-state index in [1.807, 2.05) is 6.07 Å². The number of fused-ring (bicyclic) bond motifs is 1. The fraction of sp³-hybridized carbons (Fsp3) is 0.480. The summed E-state index contributed by atoms with van der Waals surface area (Å²) in [4.78, 5) is 12.7. The summed E-state index contributed by atoms with van der Waals surface area (Å²) in [6.45, 7) is 7.58. The summed E-state index contributed by atoms with van der Waals surface area (Å²) >= 11 is 0. The van der Waals surface area contributed by atoms with Crippen LogP contribution in [0.3, 0.4) is 0 Å². The van der Waals surface area contributed by atoms with Gasteiger partial charge in [0.05, 0.1) is 30.4 Å². The molecule has 1 unspecified atom stereocenters. The van der Waals surface area contributed by atoms with Gasteiger partial charge in [0.2, 0.25) is 0 Å². The summed E-state index contributed by atoms with van der Waals surface area (Å²) < 4.78 is 7.83. The molecular formula is C25H33N5O. The summed E-state index contributed by atoms with van der Waals surface area (Å²) in [5.41, 5.74) is 3.54. The molecule has 0 spiro atoms. The van der Waals surface area contributed by atoms with Gasteiger partial charge in [0.1, 0.15) is 11.6 Å². The number of imidazole rings is 1. The number of hydrogen-bond acceptors (Lipinski definition) is 5. The maximum atomic E-state index is 5.57. The number of aryl methyl sites for hydroxylation is 1. The highest BCUT2D eigenvalue weighted by Crippen LogP contribution is 2.29. The molecule has 0 bridgehead atoms. The van der Waals surface area contributed by atoms with Crippen molar-refractivity contribution in [3.8, 4) is 5.75 Å². The number of anilines is 1. The Morgan fingerprint density at radius 2 is 1.74 bits per heavy atom. The monoisotopic (exact) mass is 419 g/mol. The maximum Gasteiger partial charge on any atom is 0.142 e. The zero-order valence-electron chi connectivity index (χ0n) is 18.7. The van der Waals surface area contributed by atoms with Gasteiger partial charge in [0.15, 0.2) is 0 Å². The highest BCUT2D eigenvalue weighted by molar-refractivity contribution is 5.75. The molecule has 0 N–H and O–H groups in total. The molecule has 3 aromatic rings. The number of benzene rings is 2. The molecule has 6 nitrogen and oxygen atoms in total. The van der Waals surface area contributed by atoms with Crippen LogP contribution < -0.4 is 9.64 Å². The summed E-state index contributed by atoms with van der Waals surface area (Å²) in [7, 11) is 3.90. The molecule has 1 atom stereocenters. The predicted octanol–water partition coefficient (Wildman–Crippen LogP) is 3.37. The second kappa shape index (κ2) is 8.89. The molecule has 0 radical (unpaired) electrons. The third-order valence-electron chi connectivity index (χ3n) is 6.98.